The summed E-state index contributed by atoms with van der Waals surface area (Å²) in [5, 5.41) is 0. The zero-order chi connectivity index (χ0) is 2.00. The molecule has 0 spiro atoms. The van der Waals surface area contributed by atoms with Gasteiger partial charge in [-0.15, -0.1) is 0 Å². The summed E-state index contributed by atoms with van der Waals surface area (Å²) in [7, 11) is 0. The van der Waals surface area contributed by atoms with Gasteiger partial charge in [-0.3, -0.25) is 0 Å². The molecule has 4 heavy (non-hydrogen) atoms. The van der Waals surface area contributed by atoms with E-state index >= 15 is 0 Å². The minimum absolute atomic E-state index is 0. The first kappa shape index (κ1) is 15.7. The van der Waals surface area contributed by atoms with Crippen LogP contribution < -0.4 is 0 Å². The fourth-order valence-corrected chi connectivity index (χ4v) is 0. The normalized spacial score (nSPS) is 1.50. The van der Waals surface area contributed by atoms with E-state index in [2.05, 4.69) is 11.4 Å². The van der Waals surface area contributed by atoms with E-state index in [1.54, 1.807) is 0 Å². The van der Waals surface area contributed by atoms with Crippen LogP contribution >= 0.6 is 0 Å². The standard InChI is InChI=1S/Cd.2Hg.Se. The predicted octanol–water partition coefficient (Wildman–Crippen LogP) is -0.388. The maximum atomic E-state index is 2.82. The second-order valence-corrected chi connectivity index (χ2v) is 0. The van der Waals surface area contributed by atoms with E-state index in [0.717, 1.165) is 23.1 Å². The van der Waals surface area contributed by atoms with E-state index in [0.29, 0.717) is 0 Å². The molecule has 0 atom stereocenters. The third-order valence-electron chi connectivity index (χ3n) is 0. The maximum absolute atomic E-state index is 2.82. The molecular weight excluding hydrogens is 593 g/mol. The molecule has 4 heteroatoms. The summed E-state index contributed by atoms with van der Waals surface area (Å²) < 4.78 is 0. The first-order chi connectivity index (χ1) is 1.00. The molecule has 0 N–H and O–H groups in total. The van der Waals surface area contributed by atoms with Crippen LogP contribution in [0.1, 0.15) is 0 Å². The van der Waals surface area contributed by atoms with E-state index in [9.17, 15) is 0 Å². The zero-order valence-corrected chi connectivity index (χ0v) is 19.3. The summed E-state index contributed by atoms with van der Waals surface area (Å²) in [6, 6.07) is 0. The van der Waals surface area contributed by atoms with Crippen LogP contribution in [-0.2, 0) is 78.0 Å². The molecule has 0 aliphatic heterocycles. The van der Waals surface area contributed by atoms with Gasteiger partial charge in [0.25, 0.3) is 0 Å². The Morgan fingerprint density at radius 1 is 1.25 bits per heavy atom. The van der Waals surface area contributed by atoms with Gasteiger partial charge in [0.1, 0.15) is 0 Å². The van der Waals surface area contributed by atoms with Gasteiger partial charge in [0.15, 0.2) is 0 Å². The molecule has 0 unspecified atom stereocenters. The molecule has 0 bridgehead atoms. The van der Waals surface area contributed by atoms with E-state index in [-0.39, 0.29) is 55.0 Å². The topological polar surface area (TPSA) is 0 Å². The van der Waals surface area contributed by atoms with Gasteiger partial charge >= 0.3 is 34.4 Å². The van der Waals surface area contributed by atoms with Crippen molar-refractivity contribution < 1.29 is 78.0 Å². The second kappa shape index (κ2) is 16.2. The Labute approximate surface area is 87.2 Å². The quantitative estimate of drug-likeness (QED) is 0.337. The summed E-state index contributed by atoms with van der Waals surface area (Å²) in [5.41, 5.74) is 0. The van der Waals surface area contributed by atoms with E-state index in [4.69, 9.17) is 0 Å². The van der Waals surface area contributed by atoms with Gasteiger partial charge in [-0.2, -0.15) is 0 Å². The molecule has 0 aromatic rings. The van der Waals surface area contributed by atoms with Crippen LogP contribution in [0.25, 0.3) is 0 Å². The van der Waals surface area contributed by atoms with E-state index in [1.165, 1.54) is 0 Å². The Morgan fingerprint density at radius 3 is 1.25 bits per heavy atom. The summed E-state index contributed by atoms with van der Waals surface area (Å²) in [5.74, 6) is 0. The Bertz CT molecular complexity index is 6.00. The van der Waals surface area contributed by atoms with Crippen LogP contribution in [0.3, 0.4) is 0 Å². The number of rotatable bonds is 0. The average Bonchev–Trinajstić information content (AvgIpc) is 1.00. The first-order valence-corrected chi connectivity index (χ1v) is 13.2. The molecule has 0 saturated carbocycles. The van der Waals surface area contributed by atoms with E-state index in [1.807, 2.05) is 0 Å². The molecule has 0 aliphatic rings. The molecule has 0 saturated heterocycles. The van der Waals surface area contributed by atoms with Crippen LogP contribution in [0.4, 0.5) is 0 Å². The van der Waals surface area contributed by atoms with Crippen molar-refractivity contribution in [3.63, 3.8) is 0 Å². The third-order valence-corrected chi connectivity index (χ3v) is 0. The van der Waals surface area contributed by atoms with Crippen molar-refractivity contribution in [2.75, 3.05) is 0 Å². The molecule has 0 aliphatic carbocycles. The van der Waals surface area contributed by atoms with Gasteiger partial charge in [-0.25, -0.2) is 0 Å². The van der Waals surface area contributed by atoms with Crippen molar-refractivity contribution in [3.8, 4) is 0 Å². The molecule has 0 nitrogen and oxygen atoms in total. The summed E-state index contributed by atoms with van der Waals surface area (Å²) in [6.07, 6.45) is 0. The molecule has 0 aromatic heterocycles. The molecule has 0 amide bonds. The van der Waals surface area contributed by atoms with Crippen molar-refractivity contribution in [1.82, 2.24) is 0 Å². The Hall–Kier alpha value is 3.31. The van der Waals surface area contributed by atoms with Crippen molar-refractivity contribution >= 4 is 11.4 Å². The minimum atomic E-state index is 0. The monoisotopic (exact) mass is 598 g/mol. The average molecular weight is 593 g/mol. The van der Waals surface area contributed by atoms with Gasteiger partial charge in [-0.05, 0) is 0 Å². The fourth-order valence-electron chi connectivity index (χ4n) is 0. The molecular formula is CdHg2Se. The summed E-state index contributed by atoms with van der Waals surface area (Å²) in [4.78, 5) is 0. The predicted molar refractivity (Wildman–Crippen MR) is 5.75 cm³/mol. The second-order valence-electron chi connectivity index (χ2n) is 0. The number of hydrogen-bond acceptors (Lipinski definition) is 0. The van der Waals surface area contributed by atoms with Gasteiger partial charge < -0.3 is 0 Å². The van der Waals surface area contributed by atoms with Crippen molar-refractivity contribution in [2.24, 2.45) is 0 Å². The molecule has 0 heterocycles. The molecule has 0 aromatic carbocycles. The van der Waals surface area contributed by atoms with Crippen LogP contribution in [0.5, 0.6) is 0 Å². The zero-order valence-electron chi connectivity index (χ0n) is 2.53. The van der Waals surface area contributed by atoms with Crippen molar-refractivity contribution in [2.45, 2.75) is 0 Å². The molecule has 12 valence electrons. The van der Waals surface area contributed by atoms with Gasteiger partial charge in [-0.1, -0.05) is 0 Å². The molecule has 0 fully saturated rings. The van der Waals surface area contributed by atoms with Crippen LogP contribution in [0.2, 0.25) is 0 Å². The van der Waals surface area contributed by atoms with Crippen LogP contribution in [0, 0.1) is 0 Å². The summed E-state index contributed by atoms with van der Waals surface area (Å²) >= 11 is 3.72. The van der Waals surface area contributed by atoms with Crippen LogP contribution in [0.15, 0.2) is 0 Å². The van der Waals surface area contributed by atoms with E-state index < -0.39 is 0 Å². The summed E-state index contributed by atoms with van der Waals surface area (Å²) in [6.45, 7) is 0. The SMILES string of the molecule is [Cd].[Hg].[Se]=[Hg]. The Morgan fingerprint density at radius 2 is 1.25 bits per heavy atom. The Balaban J connectivity index is -0.00000000500. The van der Waals surface area contributed by atoms with Crippen molar-refractivity contribution in [3.05, 3.63) is 0 Å². The van der Waals surface area contributed by atoms with Crippen molar-refractivity contribution in [1.29, 1.82) is 0 Å². The first-order valence-electron chi connectivity index (χ1n) is 0.289. The Kier molecular flexibility index (Phi) is 63.6. The number of hydrogen-bond donors (Lipinski definition) is 0. The van der Waals surface area contributed by atoms with Gasteiger partial charge in [0.05, 0.1) is 0 Å². The third kappa shape index (κ3) is 9.00. The van der Waals surface area contributed by atoms with Gasteiger partial charge in [0.2, 0.25) is 0 Å². The van der Waals surface area contributed by atoms with Gasteiger partial charge in [0, 0.05) is 55.0 Å². The van der Waals surface area contributed by atoms with Crippen LogP contribution in [-0.4, -0.2) is 11.4 Å². The molecule has 0 rings (SSSR count). The fraction of sp³-hybridized carbons (Fsp3) is 0. The molecule has 0 radical (unpaired) electrons.